The molecule has 0 bridgehead atoms. The van der Waals surface area contributed by atoms with Gasteiger partial charge in [0.15, 0.2) is 23.2 Å². The Hall–Kier alpha value is -2.54. The van der Waals surface area contributed by atoms with Crippen LogP contribution in [0.25, 0.3) is 0 Å². The Kier molecular flexibility index (Phi) is 8.60. The quantitative estimate of drug-likeness (QED) is 0.325. The topological polar surface area (TPSA) is 55.8 Å². The monoisotopic (exact) mass is 504 g/mol. The van der Waals surface area contributed by atoms with E-state index in [-0.39, 0.29) is 41.3 Å². The van der Waals surface area contributed by atoms with E-state index < -0.39 is 23.4 Å². The lowest BCUT2D eigenvalue weighted by Gasteiger charge is -2.31. The summed E-state index contributed by atoms with van der Waals surface area (Å²) in [7, 11) is 0. The molecule has 2 aliphatic rings. The lowest BCUT2D eigenvalue weighted by molar-refractivity contribution is -0.140. The van der Waals surface area contributed by atoms with Gasteiger partial charge in [0.05, 0.1) is 18.6 Å². The fourth-order valence-corrected chi connectivity index (χ4v) is 5.78. The molecule has 2 aromatic rings. The molecule has 2 saturated carbocycles. The van der Waals surface area contributed by atoms with Crippen LogP contribution in [0.1, 0.15) is 88.2 Å². The van der Waals surface area contributed by atoms with Crippen LogP contribution in [0.15, 0.2) is 30.3 Å². The van der Waals surface area contributed by atoms with Crippen LogP contribution in [0.2, 0.25) is 0 Å². The molecule has 0 heterocycles. The minimum absolute atomic E-state index is 0.0264. The normalized spacial score (nSPS) is 25.3. The second kappa shape index (κ2) is 11.7. The lowest BCUT2D eigenvalue weighted by Crippen LogP contribution is -2.26. The van der Waals surface area contributed by atoms with Gasteiger partial charge >= 0.3 is 5.97 Å². The number of aliphatic hydroxyl groups is 1. The molecule has 1 N–H and O–H groups in total. The summed E-state index contributed by atoms with van der Waals surface area (Å²) in [4.78, 5) is 12.6. The van der Waals surface area contributed by atoms with Crippen molar-refractivity contribution in [3.8, 4) is 11.5 Å². The number of carbonyl (C=O) groups excluding carboxylic acids is 1. The molecule has 0 aliphatic heterocycles. The molecule has 0 amide bonds. The minimum atomic E-state index is -0.777. The smallest absolute Gasteiger partial charge is 0.314 e. The molecular formula is C29H35F3O4. The van der Waals surface area contributed by atoms with Crippen molar-refractivity contribution in [1.82, 2.24) is 0 Å². The summed E-state index contributed by atoms with van der Waals surface area (Å²) in [6.45, 7) is 3.87. The Labute approximate surface area is 210 Å². The second-order valence-corrected chi connectivity index (χ2v) is 10.2. The molecule has 2 fully saturated rings. The van der Waals surface area contributed by atoms with E-state index in [2.05, 4.69) is 0 Å². The Balaban J connectivity index is 1.34. The van der Waals surface area contributed by atoms with Gasteiger partial charge in [-0.25, -0.2) is 13.2 Å². The van der Waals surface area contributed by atoms with E-state index in [9.17, 15) is 14.3 Å². The molecular weight excluding hydrogens is 469 g/mol. The van der Waals surface area contributed by atoms with E-state index in [1.165, 1.54) is 12.1 Å². The van der Waals surface area contributed by atoms with Crippen molar-refractivity contribution in [3.05, 3.63) is 58.9 Å². The van der Waals surface area contributed by atoms with Crippen LogP contribution in [0, 0.1) is 29.3 Å². The number of rotatable bonds is 7. The molecule has 4 rings (SSSR count). The number of ether oxygens (including phenoxy) is 2. The maximum atomic E-state index is 15.1. The van der Waals surface area contributed by atoms with Crippen LogP contribution in [-0.4, -0.2) is 23.8 Å². The predicted octanol–water partition coefficient (Wildman–Crippen LogP) is 7.04. The van der Waals surface area contributed by atoms with Crippen LogP contribution in [0.4, 0.5) is 13.2 Å². The average Bonchev–Trinajstić information content (AvgIpc) is 2.87. The van der Waals surface area contributed by atoms with Crippen LogP contribution in [-0.2, 0) is 4.79 Å². The third kappa shape index (κ3) is 5.88. The summed E-state index contributed by atoms with van der Waals surface area (Å²) in [6.07, 6.45) is 4.84. The van der Waals surface area contributed by atoms with E-state index in [1.807, 2.05) is 0 Å². The summed E-state index contributed by atoms with van der Waals surface area (Å²) in [5, 5.41) is 9.80. The zero-order chi connectivity index (χ0) is 25.8. The zero-order valence-corrected chi connectivity index (χ0v) is 20.9. The molecule has 2 aliphatic carbocycles. The maximum Gasteiger partial charge on any atom is 0.314 e. The van der Waals surface area contributed by atoms with Crippen molar-refractivity contribution < 1.29 is 32.5 Å². The highest BCUT2D eigenvalue weighted by Gasteiger charge is 2.32. The summed E-state index contributed by atoms with van der Waals surface area (Å²) < 4.78 is 54.8. The second-order valence-electron chi connectivity index (χ2n) is 10.2. The van der Waals surface area contributed by atoms with Gasteiger partial charge in [-0.2, -0.15) is 0 Å². The number of esters is 1. The number of aliphatic hydroxyl groups excluding tert-OH is 1. The Morgan fingerprint density at radius 3 is 1.97 bits per heavy atom. The van der Waals surface area contributed by atoms with Gasteiger partial charge in [0.25, 0.3) is 0 Å². The first kappa shape index (κ1) is 26.5. The fourth-order valence-electron chi connectivity index (χ4n) is 5.78. The van der Waals surface area contributed by atoms with E-state index in [1.54, 1.807) is 26.0 Å². The summed E-state index contributed by atoms with van der Waals surface area (Å²) >= 11 is 0. The molecule has 7 heteroatoms. The molecule has 0 spiro atoms. The van der Waals surface area contributed by atoms with Gasteiger partial charge in [0.1, 0.15) is 5.75 Å². The molecule has 1 unspecified atom stereocenters. The van der Waals surface area contributed by atoms with Crippen LogP contribution in [0.3, 0.4) is 0 Å². The SMILES string of the molecule is CCOc1ccc(OC(=O)C2CCC(c3ccc(C4CCC(C(C)O)CC4)c(F)c3F)CC2)cc1F. The van der Waals surface area contributed by atoms with Gasteiger partial charge in [0.2, 0.25) is 0 Å². The van der Waals surface area contributed by atoms with E-state index in [0.29, 0.717) is 43.4 Å². The molecule has 0 saturated heterocycles. The Bertz CT molecular complexity index is 1050. The van der Waals surface area contributed by atoms with Gasteiger partial charge in [-0.1, -0.05) is 12.1 Å². The third-order valence-corrected chi connectivity index (χ3v) is 7.96. The molecule has 1 atom stereocenters. The molecule has 36 heavy (non-hydrogen) atoms. The minimum Gasteiger partial charge on any atom is -0.491 e. The molecule has 4 nitrogen and oxygen atoms in total. The number of hydrogen-bond acceptors (Lipinski definition) is 4. The van der Waals surface area contributed by atoms with Crippen molar-refractivity contribution in [3.63, 3.8) is 0 Å². The van der Waals surface area contributed by atoms with Crippen LogP contribution >= 0.6 is 0 Å². The molecule has 2 aromatic carbocycles. The standard InChI is InChI=1S/C29H35F3O4/c1-3-35-26-15-12-22(16-25(26)30)36-29(34)21-10-8-20(9-11-21)24-14-13-23(27(31)28(24)32)19-6-4-18(5-7-19)17(2)33/h12-21,33H,3-11H2,1-2H3. The first-order valence-corrected chi connectivity index (χ1v) is 13.1. The highest BCUT2D eigenvalue weighted by atomic mass is 19.2. The van der Waals surface area contributed by atoms with Crippen molar-refractivity contribution in [2.75, 3.05) is 6.61 Å². The fraction of sp³-hybridized carbons (Fsp3) is 0.552. The van der Waals surface area contributed by atoms with Crippen molar-refractivity contribution in [2.45, 2.75) is 83.2 Å². The molecule has 196 valence electrons. The molecule has 0 radical (unpaired) electrons. The van der Waals surface area contributed by atoms with Gasteiger partial charge in [-0.3, -0.25) is 4.79 Å². The van der Waals surface area contributed by atoms with Gasteiger partial charge < -0.3 is 14.6 Å². The largest absolute Gasteiger partial charge is 0.491 e. The van der Waals surface area contributed by atoms with E-state index in [4.69, 9.17) is 9.47 Å². The first-order valence-electron chi connectivity index (χ1n) is 13.1. The van der Waals surface area contributed by atoms with Crippen molar-refractivity contribution in [1.29, 1.82) is 0 Å². The van der Waals surface area contributed by atoms with Gasteiger partial charge in [-0.15, -0.1) is 0 Å². The predicted molar refractivity (Wildman–Crippen MR) is 131 cm³/mol. The first-order chi connectivity index (χ1) is 17.3. The van der Waals surface area contributed by atoms with E-state index >= 15 is 8.78 Å². The number of halogens is 3. The highest BCUT2D eigenvalue weighted by Crippen LogP contribution is 2.42. The lowest BCUT2D eigenvalue weighted by atomic mass is 9.75. The van der Waals surface area contributed by atoms with Gasteiger partial charge in [-0.05, 0) is 106 Å². The summed E-state index contributed by atoms with van der Waals surface area (Å²) in [5.41, 5.74) is 0.800. The maximum absolute atomic E-state index is 15.1. The van der Waals surface area contributed by atoms with Crippen LogP contribution < -0.4 is 9.47 Å². The summed E-state index contributed by atoms with van der Waals surface area (Å²) in [6, 6.07) is 7.49. The van der Waals surface area contributed by atoms with Crippen LogP contribution in [0.5, 0.6) is 11.5 Å². The zero-order valence-electron chi connectivity index (χ0n) is 20.9. The number of benzene rings is 2. The average molecular weight is 505 g/mol. The number of hydrogen-bond donors (Lipinski definition) is 1. The van der Waals surface area contributed by atoms with Crippen molar-refractivity contribution in [2.24, 2.45) is 11.8 Å². The van der Waals surface area contributed by atoms with Gasteiger partial charge in [0, 0.05) is 6.07 Å². The van der Waals surface area contributed by atoms with E-state index in [0.717, 1.165) is 31.7 Å². The van der Waals surface area contributed by atoms with Crippen molar-refractivity contribution >= 4 is 5.97 Å². The molecule has 0 aromatic heterocycles. The highest BCUT2D eigenvalue weighted by molar-refractivity contribution is 5.75. The Morgan fingerprint density at radius 1 is 0.917 bits per heavy atom. The third-order valence-electron chi connectivity index (χ3n) is 7.96. The Morgan fingerprint density at radius 2 is 1.47 bits per heavy atom. The summed E-state index contributed by atoms with van der Waals surface area (Å²) in [5.74, 6) is -2.67. The number of carbonyl (C=O) groups is 1.